The fourth-order valence-corrected chi connectivity index (χ4v) is 4.65. The van der Waals surface area contributed by atoms with Crippen LogP contribution in [0, 0.1) is 0 Å². The molecule has 6 nitrogen and oxygen atoms in total. The van der Waals surface area contributed by atoms with Crippen molar-refractivity contribution in [2.75, 3.05) is 13.7 Å². The van der Waals surface area contributed by atoms with Crippen molar-refractivity contribution < 1.29 is 9.53 Å². The van der Waals surface area contributed by atoms with E-state index >= 15 is 0 Å². The summed E-state index contributed by atoms with van der Waals surface area (Å²) in [5.74, 6) is 0.506. The second-order valence-electron chi connectivity index (χ2n) is 6.35. The van der Waals surface area contributed by atoms with Crippen molar-refractivity contribution in [3.63, 3.8) is 0 Å². The molecule has 1 amide bonds. The van der Waals surface area contributed by atoms with E-state index in [4.69, 9.17) is 4.74 Å². The molecule has 3 aromatic rings. The van der Waals surface area contributed by atoms with Crippen molar-refractivity contribution in [1.82, 2.24) is 14.5 Å². The lowest BCUT2D eigenvalue weighted by Crippen LogP contribution is -2.35. The van der Waals surface area contributed by atoms with Gasteiger partial charge in [-0.2, -0.15) is 0 Å². The zero-order valence-corrected chi connectivity index (χ0v) is 15.8. The van der Waals surface area contributed by atoms with Gasteiger partial charge in [0.25, 0.3) is 11.5 Å². The number of aromatic nitrogens is 2. The van der Waals surface area contributed by atoms with Crippen LogP contribution < -0.4 is 10.3 Å². The highest BCUT2D eigenvalue weighted by Crippen LogP contribution is 2.33. The number of carbonyl (C=O) groups excluding carboxylic acids is 1. The molecule has 0 radical (unpaired) electrons. The number of ether oxygens (including phenoxy) is 1. The molecule has 0 unspecified atom stereocenters. The minimum absolute atomic E-state index is 0.0399. The van der Waals surface area contributed by atoms with Crippen molar-refractivity contribution >= 4 is 27.5 Å². The molecule has 4 rings (SSSR count). The first-order valence-corrected chi connectivity index (χ1v) is 9.48. The zero-order chi connectivity index (χ0) is 19.0. The fraction of sp³-hybridized carbons (Fsp3) is 0.250. The van der Waals surface area contributed by atoms with Crippen LogP contribution in [0.1, 0.15) is 20.8 Å². The van der Waals surface area contributed by atoms with Crippen LogP contribution in [0.4, 0.5) is 0 Å². The van der Waals surface area contributed by atoms with Gasteiger partial charge in [0.2, 0.25) is 0 Å². The first-order chi connectivity index (χ1) is 13.1. The summed E-state index contributed by atoms with van der Waals surface area (Å²) in [7, 11) is 1.56. The number of nitrogens with zero attached hydrogens (tertiary/aromatic N) is 3. The van der Waals surface area contributed by atoms with E-state index in [0.717, 1.165) is 15.3 Å². The lowest BCUT2D eigenvalue weighted by Gasteiger charge is -2.27. The highest BCUT2D eigenvalue weighted by Gasteiger charge is 2.28. The maximum atomic E-state index is 13.0. The Morgan fingerprint density at radius 3 is 3.00 bits per heavy atom. The average Bonchev–Trinajstić information content (AvgIpc) is 3.08. The standard InChI is InChI=1S/C20H19N3O3S/c1-3-9-23-12-21-18-17(20(23)25)14-8-10-22(11-16(14)27-18)19(24)13-6-4-5-7-15(13)26-2/h3-7,12H,1,8-11H2,2H3. The second-order valence-corrected chi connectivity index (χ2v) is 7.44. The van der Waals surface area contributed by atoms with Gasteiger partial charge in [-0.05, 0) is 24.1 Å². The molecule has 0 atom stereocenters. The number of fused-ring (bicyclic) bond motifs is 3. The third kappa shape index (κ3) is 2.94. The molecule has 7 heteroatoms. The molecular weight excluding hydrogens is 362 g/mol. The van der Waals surface area contributed by atoms with Gasteiger partial charge in [-0.1, -0.05) is 18.2 Å². The normalized spacial score (nSPS) is 13.4. The first kappa shape index (κ1) is 17.5. The van der Waals surface area contributed by atoms with Gasteiger partial charge in [0, 0.05) is 18.0 Å². The molecular formula is C20H19N3O3S. The third-order valence-corrected chi connectivity index (χ3v) is 5.90. The summed E-state index contributed by atoms with van der Waals surface area (Å²) in [6.45, 7) is 5.16. The molecule has 27 heavy (non-hydrogen) atoms. The van der Waals surface area contributed by atoms with Crippen LogP contribution in [0.3, 0.4) is 0 Å². The van der Waals surface area contributed by atoms with E-state index in [0.29, 0.717) is 42.8 Å². The zero-order valence-electron chi connectivity index (χ0n) is 15.0. The van der Waals surface area contributed by atoms with Gasteiger partial charge in [-0.25, -0.2) is 4.98 Å². The van der Waals surface area contributed by atoms with E-state index in [2.05, 4.69) is 11.6 Å². The molecule has 0 aliphatic carbocycles. The van der Waals surface area contributed by atoms with Gasteiger partial charge in [0.1, 0.15) is 10.6 Å². The Labute approximate surface area is 160 Å². The fourth-order valence-electron chi connectivity index (χ4n) is 3.45. The minimum atomic E-state index is -0.0624. The van der Waals surface area contributed by atoms with E-state index < -0.39 is 0 Å². The predicted octanol–water partition coefficient (Wildman–Crippen LogP) is 2.85. The summed E-state index contributed by atoms with van der Waals surface area (Å²) in [6, 6.07) is 7.23. The molecule has 0 saturated carbocycles. The van der Waals surface area contributed by atoms with Crippen LogP contribution in [-0.4, -0.2) is 34.0 Å². The number of hydrogen-bond donors (Lipinski definition) is 0. The summed E-state index contributed by atoms with van der Waals surface area (Å²) >= 11 is 1.49. The Hall–Kier alpha value is -2.93. The largest absolute Gasteiger partial charge is 0.496 e. The number of para-hydroxylation sites is 1. The SMILES string of the molecule is C=CCn1cnc2sc3c(c2c1=O)CCN(C(=O)c1ccccc1OC)C3. The number of benzene rings is 1. The van der Waals surface area contributed by atoms with Crippen LogP contribution in [0.5, 0.6) is 5.75 Å². The smallest absolute Gasteiger partial charge is 0.262 e. The van der Waals surface area contributed by atoms with E-state index in [1.807, 2.05) is 12.1 Å². The summed E-state index contributed by atoms with van der Waals surface area (Å²) < 4.78 is 6.88. The highest BCUT2D eigenvalue weighted by atomic mass is 32.1. The van der Waals surface area contributed by atoms with Crippen LogP contribution in [0.15, 0.2) is 48.0 Å². The molecule has 3 heterocycles. The molecule has 0 fully saturated rings. The van der Waals surface area contributed by atoms with Gasteiger partial charge in [0.05, 0.1) is 30.9 Å². The number of rotatable bonds is 4. The molecule has 0 spiro atoms. The molecule has 1 aliphatic heterocycles. The Kier molecular flexibility index (Phi) is 4.53. The van der Waals surface area contributed by atoms with Crippen LogP contribution in [-0.2, 0) is 19.5 Å². The summed E-state index contributed by atoms with van der Waals surface area (Å²) in [6.07, 6.45) is 3.89. The summed E-state index contributed by atoms with van der Waals surface area (Å²) in [5, 5.41) is 0.684. The molecule has 0 saturated heterocycles. The summed E-state index contributed by atoms with van der Waals surface area (Å²) in [4.78, 5) is 33.7. The van der Waals surface area contributed by atoms with Crippen LogP contribution in [0.25, 0.3) is 10.2 Å². The van der Waals surface area contributed by atoms with Crippen molar-refractivity contribution in [3.8, 4) is 5.75 Å². The minimum Gasteiger partial charge on any atom is -0.496 e. The lowest BCUT2D eigenvalue weighted by atomic mass is 10.0. The molecule has 138 valence electrons. The maximum Gasteiger partial charge on any atom is 0.262 e. The first-order valence-electron chi connectivity index (χ1n) is 8.67. The predicted molar refractivity (Wildman–Crippen MR) is 106 cm³/mol. The Morgan fingerprint density at radius 2 is 2.22 bits per heavy atom. The van der Waals surface area contributed by atoms with Gasteiger partial charge < -0.3 is 9.64 Å². The second kappa shape index (κ2) is 7.00. The summed E-state index contributed by atoms with van der Waals surface area (Å²) in [5.41, 5.74) is 1.54. The van der Waals surface area contributed by atoms with E-state index in [-0.39, 0.29) is 11.5 Å². The Morgan fingerprint density at radius 1 is 1.41 bits per heavy atom. The van der Waals surface area contributed by atoms with Gasteiger partial charge in [-0.3, -0.25) is 14.2 Å². The highest BCUT2D eigenvalue weighted by molar-refractivity contribution is 7.18. The molecule has 1 aliphatic rings. The van der Waals surface area contributed by atoms with E-state index in [1.165, 1.54) is 11.3 Å². The number of methoxy groups -OCH3 is 1. The van der Waals surface area contributed by atoms with Crippen LogP contribution in [0.2, 0.25) is 0 Å². The van der Waals surface area contributed by atoms with Crippen molar-refractivity contribution in [2.24, 2.45) is 0 Å². The molecule has 2 aromatic heterocycles. The Balaban J connectivity index is 1.69. The maximum absolute atomic E-state index is 13.0. The van der Waals surface area contributed by atoms with Crippen LogP contribution >= 0.6 is 11.3 Å². The van der Waals surface area contributed by atoms with E-state index in [9.17, 15) is 9.59 Å². The third-order valence-electron chi connectivity index (χ3n) is 4.78. The molecule has 1 aromatic carbocycles. The number of thiophene rings is 1. The number of hydrogen-bond acceptors (Lipinski definition) is 5. The van der Waals surface area contributed by atoms with Crippen molar-refractivity contribution in [3.05, 3.63) is 69.6 Å². The van der Waals surface area contributed by atoms with Crippen molar-refractivity contribution in [1.29, 1.82) is 0 Å². The molecule has 0 N–H and O–H groups in total. The monoisotopic (exact) mass is 381 g/mol. The number of carbonyl (C=O) groups is 1. The average molecular weight is 381 g/mol. The Bertz CT molecular complexity index is 1100. The topological polar surface area (TPSA) is 64.4 Å². The molecule has 0 bridgehead atoms. The van der Waals surface area contributed by atoms with Gasteiger partial charge in [-0.15, -0.1) is 17.9 Å². The quantitative estimate of drug-likeness (QED) is 0.652. The van der Waals surface area contributed by atoms with Gasteiger partial charge >= 0.3 is 0 Å². The van der Waals surface area contributed by atoms with Gasteiger partial charge in [0.15, 0.2) is 0 Å². The lowest BCUT2D eigenvalue weighted by molar-refractivity contribution is 0.0734. The number of allylic oxidation sites excluding steroid dienone is 1. The van der Waals surface area contributed by atoms with E-state index in [1.54, 1.807) is 41.1 Å². The number of amides is 1. The van der Waals surface area contributed by atoms with Crippen molar-refractivity contribution in [2.45, 2.75) is 19.5 Å².